The fourth-order valence-electron chi connectivity index (χ4n) is 0. The fraction of sp³-hybridized carbons (Fsp3) is 0. The van der Waals surface area contributed by atoms with Crippen LogP contribution in [0.1, 0.15) is 0 Å². The van der Waals surface area contributed by atoms with Gasteiger partial charge in [0.05, 0.1) is 0 Å². The number of nitrogens with two attached hydrogens (primary N) is 2. The standard InChI is InChI=1S/C2H4.2CH4N2S.2BrH/c1-2;2*2-1(3)4;;/h1-2H2;2*(H4,2,3,4);2*1H. The number of halogens is 2. The first-order valence-electron chi connectivity index (χ1n) is 2.19. The maximum atomic E-state index is 4.73. The third-order valence-electron chi connectivity index (χ3n) is 0. The molecule has 0 aliphatic heterocycles. The minimum Gasteiger partial charge on any atom is -1.00 e. The molecule has 0 atom stereocenters. The molecule has 10 N–H and O–H groups in total. The van der Waals surface area contributed by atoms with E-state index in [0.717, 1.165) is 0 Å². The summed E-state index contributed by atoms with van der Waals surface area (Å²) in [5.41, 5.74) is 15.8. The van der Waals surface area contributed by atoms with Gasteiger partial charge in [0, 0.05) is 24.4 Å². The van der Waals surface area contributed by atoms with Crippen molar-refractivity contribution in [1.82, 2.24) is 0 Å². The van der Waals surface area contributed by atoms with Gasteiger partial charge in [0.25, 0.3) is 10.2 Å². The predicted molar refractivity (Wildman–Crippen MR) is 50.6 cm³/mol. The van der Waals surface area contributed by atoms with Crippen LogP contribution in [-0.2, 0) is 0 Å². The van der Waals surface area contributed by atoms with Gasteiger partial charge in [0.2, 0.25) is 0 Å². The van der Waals surface area contributed by atoms with Gasteiger partial charge in [-0.2, -0.15) is 0 Å². The minimum atomic E-state index is 0. The molecule has 0 saturated heterocycles. The smallest absolute Gasteiger partial charge is 0.262 e. The van der Waals surface area contributed by atoms with Gasteiger partial charge in [-0.15, -0.1) is 13.2 Å². The van der Waals surface area contributed by atoms with E-state index in [9.17, 15) is 0 Å². The Morgan fingerprint density at radius 2 is 0.917 bits per heavy atom. The zero-order valence-corrected chi connectivity index (χ0v) is 11.4. The maximum Gasteiger partial charge on any atom is 0.262 e. The van der Waals surface area contributed by atoms with Gasteiger partial charge in [-0.3, -0.25) is 0 Å². The van der Waals surface area contributed by atoms with Crippen molar-refractivity contribution in [1.29, 1.82) is 0 Å². The number of hydrogen-bond donors (Lipinski definition) is 4. The lowest BCUT2D eigenvalue weighted by atomic mass is 11.3. The van der Waals surface area contributed by atoms with Crippen LogP contribution < -0.4 is 56.9 Å². The fourth-order valence-corrected chi connectivity index (χ4v) is 0. The second-order valence-corrected chi connectivity index (χ2v) is 1.98. The SMILES string of the molecule is C=C.NC([NH3+])=S.NC([NH3+])=S.[Br-].[Br-]. The van der Waals surface area contributed by atoms with Crippen molar-refractivity contribution in [2.45, 2.75) is 0 Å². The maximum absolute atomic E-state index is 4.73. The zero-order valence-electron chi connectivity index (χ0n) is 6.56. The van der Waals surface area contributed by atoms with Crippen LogP contribution in [0.3, 0.4) is 0 Å². The third kappa shape index (κ3) is 5740. The summed E-state index contributed by atoms with van der Waals surface area (Å²) in [6.07, 6.45) is 0. The molecule has 4 nitrogen and oxygen atoms in total. The highest BCUT2D eigenvalue weighted by molar-refractivity contribution is 7.79. The lowest BCUT2D eigenvalue weighted by molar-refractivity contribution is -0.211. The van der Waals surface area contributed by atoms with E-state index >= 15 is 0 Å². The summed E-state index contributed by atoms with van der Waals surface area (Å²) < 4.78 is 0. The van der Waals surface area contributed by atoms with E-state index in [1.165, 1.54) is 0 Å². The molecule has 0 aromatic carbocycles. The van der Waals surface area contributed by atoms with Crippen molar-refractivity contribution >= 4 is 34.7 Å². The first kappa shape index (κ1) is 29.4. The van der Waals surface area contributed by atoms with Crippen molar-refractivity contribution in [3.63, 3.8) is 0 Å². The molecule has 0 aromatic rings. The first-order valence-corrected chi connectivity index (χ1v) is 3.01. The summed E-state index contributed by atoms with van der Waals surface area (Å²) in [4.78, 5) is 0. The number of rotatable bonds is 0. The highest BCUT2D eigenvalue weighted by Crippen LogP contribution is 1.28. The molecule has 0 rings (SSSR count). The summed E-state index contributed by atoms with van der Waals surface area (Å²) in [6, 6.07) is 0. The third-order valence-corrected chi connectivity index (χ3v) is 0. The second-order valence-electron chi connectivity index (χ2n) is 0.933. The largest absolute Gasteiger partial charge is 1.00 e. The van der Waals surface area contributed by atoms with E-state index in [1.54, 1.807) is 0 Å². The molecule has 76 valence electrons. The molecule has 0 saturated carbocycles. The van der Waals surface area contributed by atoms with E-state index in [1.807, 2.05) is 0 Å². The molecule has 0 aromatic heterocycles. The lowest BCUT2D eigenvalue weighted by Gasteiger charge is -1.61. The lowest BCUT2D eigenvalue weighted by Crippen LogP contribution is -3.00. The van der Waals surface area contributed by atoms with Crippen LogP contribution in [0.25, 0.3) is 0 Å². The van der Waals surface area contributed by atoms with Crippen molar-refractivity contribution in [2.75, 3.05) is 0 Å². The highest BCUT2D eigenvalue weighted by atomic mass is 79.9. The van der Waals surface area contributed by atoms with Crippen molar-refractivity contribution in [2.24, 2.45) is 11.5 Å². The Balaban J connectivity index is -0.0000000198. The van der Waals surface area contributed by atoms with Gasteiger partial charge in [-0.1, -0.05) is 0 Å². The average Bonchev–Trinajstić information content (AvgIpc) is 1.66. The molecular weight excluding hydrogens is 328 g/mol. The number of hydrogen-bond acceptors (Lipinski definition) is 2. The van der Waals surface area contributed by atoms with Crippen molar-refractivity contribution in [3.8, 4) is 0 Å². The Morgan fingerprint density at radius 1 is 0.917 bits per heavy atom. The van der Waals surface area contributed by atoms with Gasteiger partial charge < -0.3 is 56.9 Å². The van der Waals surface area contributed by atoms with E-state index in [0.29, 0.717) is 0 Å². The predicted octanol–water partition coefficient (Wildman–Crippen LogP) is -8.25. The van der Waals surface area contributed by atoms with Crippen LogP contribution >= 0.6 is 24.4 Å². The van der Waals surface area contributed by atoms with Gasteiger partial charge in [-0.25, -0.2) is 0 Å². The summed E-state index contributed by atoms with van der Waals surface area (Å²) >= 11 is 8.41. The van der Waals surface area contributed by atoms with Crippen LogP contribution in [0.4, 0.5) is 0 Å². The first-order chi connectivity index (χ1) is 4.46. The molecule has 0 heterocycles. The molecule has 0 fully saturated rings. The van der Waals surface area contributed by atoms with Gasteiger partial charge >= 0.3 is 0 Å². The molecule has 0 spiro atoms. The topological polar surface area (TPSA) is 107 Å². The molecule has 0 unspecified atom stereocenters. The minimum absolute atomic E-state index is 0. The normalized spacial score (nSPS) is 4.50. The van der Waals surface area contributed by atoms with Gasteiger partial charge in [-0.05, 0) is 0 Å². The van der Waals surface area contributed by atoms with Crippen molar-refractivity contribution in [3.05, 3.63) is 13.2 Å². The van der Waals surface area contributed by atoms with Gasteiger partial charge in [0.15, 0.2) is 0 Å². The monoisotopic (exact) mass is 340 g/mol. The van der Waals surface area contributed by atoms with Crippen LogP contribution in [0.5, 0.6) is 0 Å². The Bertz CT molecular complexity index is 91.2. The summed E-state index contributed by atoms with van der Waals surface area (Å²) in [5.74, 6) is 0. The molecule has 0 bridgehead atoms. The average molecular weight is 342 g/mol. The van der Waals surface area contributed by atoms with Crippen LogP contribution in [-0.4, -0.2) is 10.2 Å². The summed E-state index contributed by atoms with van der Waals surface area (Å²) in [6.45, 7) is 6.00. The highest BCUT2D eigenvalue weighted by Gasteiger charge is 1.61. The molecule has 0 aliphatic rings. The van der Waals surface area contributed by atoms with Crippen molar-refractivity contribution < 1.29 is 45.4 Å². The molecule has 12 heavy (non-hydrogen) atoms. The Kier molecular flexibility index (Phi) is 73.8. The Labute approximate surface area is 104 Å². The number of thiocarbonyl (C=S) groups is 2. The Morgan fingerprint density at radius 3 is 0.917 bits per heavy atom. The molecule has 8 heteroatoms. The molecule has 0 aliphatic carbocycles. The summed E-state index contributed by atoms with van der Waals surface area (Å²) in [7, 11) is 0. The second kappa shape index (κ2) is 30.1. The van der Waals surface area contributed by atoms with Gasteiger partial charge in [0.1, 0.15) is 0 Å². The van der Waals surface area contributed by atoms with E-state index in [-0.39, 0.29) is 44.2 Å². The Hall–Kier alpha value is 0.400. The number of quaternary nitrogens is 2. The van der Waals surface area contributed by atoms with Crippen LogP contribution in [0, 0.1) is 0 Å². The van der Waals surface area contributed by atoms with Crippen LogP contribution in [0.15, 0.2) is 13.2 Å². The van der Waals surface area contributed by atoms with Crippen LogP contribution in [0.2, 0.25) is 0 Å². The summed E-state index contributed by atoms with van der Waals surface area (Å²) in [5, 5.41) is 0.500. The van der Waals surface area contributed by atoms with E-state index < -0.39 is 0 Å². The van der Waals surface area contributed by atoms with E-state index in [2.05, 4.69) is 49.1 Å². The molecule has 0 amide bonds. The zero-order chi connectivity index (χ0) is 9.15. The molecule has 0 radical (unpaired) electrons. The molecular formula is C4H14Br2N4S2. The quantitative estimate of drug-likeness (QED) is 0.259. The van der Waals surface area contributed by atoms with E-state index in [4.69, 9.17) is 11.5 Å².